The van der Waals surface area contributed by atoms with Gasteiger partial charge in [-0.3, -0.25) is 0 Å². The molecule has 5 heteroatoms. The van der Waals surface area contributed by atoms with Crippen molar-refractivity contribution in [2.45, 2.75) is 45.6 Å². The molecule has 4 nitrogen and oxygen atoms in total. The summed E-state index contributed by atoms with van der Waals surface area (Å²) in [6.45, 7) is 5.53. The molecule has 1 saturated heterocycles. The molecule has 1 aliphatic rings. The first-order valence-corrected chi connectivity index (χ1v) is 10.2. The van der Waals surface area contributed by atoms with Gasteiger partial charge in [0.2, 0.25) is 0 Å². The van der Waals surface area contributed by atoms with Crippen LogP contribution in [-0.2, 0) is 0 Å². The van der Waals surface area contributed by atoms with Crippen molar-refractivity contribution in [3.8, 4) is 11.1 Å². The van der Waals surface area contributed by atoms with Gasteiger partial charge in [0.05, 0.1) is 5.39 Å². The second-order valence-corrected chi connectivity index (χ2v) is 8.04. The number of benzene rings is 1. The number of hydrogen-bond acceptors (Lipinski definition) is 5. The van der Waals surface area contributed by atoms with Crippen LogP contribution >= 0.6 is 11.3 Å². The number of aromatic nitrogens is 2. The number of fused-ring (bicyclic) bond motifs is 1. The third kappa shape index (κ3) is 3.10. The molecule has 1 aromatic carbocycles. The van der Waals surface area contributed by atoms with Crippen LogP contribution in [0.15, 0.2) is 29.9 Å². The zero-order chi connectivity index (χ0) is 18.1. The summed E-state index contributed by atoms with van der Waals surface area (Å²) in [5, 5.41) is 12.9. The van der Waals surface area contributed by atoms with Crippen molar-refractivity contribution >= 4 is 27.4 Å². The minimum atomic E-state index is 0.225. The van der Waals surface area contributed by atoms with Crippen LogP contribution < -0.4 is 4.90 Å². The Kier molecular flexibility index (Phi) is 4.92. The van der Waals surface area contributed by atoms with Crippen molar-refractivity contribution in [2.24, 2.45) is 0 Å². The highest BCUT2D eigenvalue weighted by molar-refractivity contribution is 7.17. The van der Waals surface area contributed by atoms with Crippen LogP contribution in [0.4, 0.5) is 5.82 Å². The van der Waals surface area contributed by atoms with Crippen LogP contribution in [0.2, 0.25) is 0 Å². The number of piperidine rings is 1. The van der Waals surface area contributed by atoms with Crippen molar-refractivity contribution in [3.05, 3.63) is 41.0 Å². The Morgan fingerprint density at radius 3 is 2.88 bits per heavy atom. The molecule has 0 saturated carbocycles. The topological polar surface area (TPSA) is 49.2 Å². The zero-order valence-corrected chi connectivity index (χ0v) is 16.2. The standard InChI is InChI=1S/C21H25N3OS/c1-14-6-7-16(11-15(14)2)18-12-26-21-19(18)20(22-13-23-21)24-9-4-3-5-17(24)8-10-25/h6-7,11-13,17,25H,3-5,8-10H2,1-2H3. The lowest BCUT2D eigenvalue weighted by Gasteiger charge is -2.37. The summed E-state index contributed by atoms with van der Waals surface area (Å²) >= 11 is 1.68. The van der Waals surface area contributed by atoms with E-state index in [0.29, 0.717) is 6.04 Å². The van der Waals surface area contributed by atoms with Crippen LogP contribution in [0.5, 0.6) is 0 Å². The summed E-state index contributed by atoms with van der Waals surface area (Å²) in [4.78, 5) is 12.7. The van der Waals surface area contributed by atoms with E-state index in [-0.39, 0.29) is 6.61 Å². The van der Waals surface area contributed by atoms with Gasteiger partial charge in [0.25, 0.3) is 0 Å². The highest BCUT2D eigenvalue weighted by Gasteiger charge is 2.26. The summed E-state index contributed by atoms with van der Waals surface area (Å²) in [7, 11) is 0. The predicted molar refractivity (Wildman–Crippen MR) is 109 cm³/mol. The van der Waals surface area contributed by atoms with Crippen molar-refractivity contribution in [2.75, 3.05) is 18.1 Å². The summed E-state index contributed by atoms with van der Waals surface area (Å²) in [6.07, 6.45) is 6.01. The third-order valence-electron chi connectivity index (χ3n) is 5.53. The fourth-order valence-electron chi connectivity index (χ4n) is 3.93. The highest BCUT2D eigenvalue weighted by atomic mass is 32.1. The Morgan fingerprint density at radius 1 is 1.19 bits per heavy atom. The fourth-order valence-corrected chi connectivity index (χ4v) is 4.84. The van der Waals surface area contributed by atoms with E-state index in [1.165, 1.54) is 35.1 Å². The molecular weight excluding hydrogens is 342 g/mol. The van der Waals surface area contributed by atoms with Crippen LogP contribution in [0.3, 0.4) is 0 Å². The molecule has 1 fully saturated rings. The minimum Gasteiger partial charge on any atom is -0.396 e. The molecule has 1 aliphatic heterocycles. The molecule has 0 bridgehead atoms. The average molecular weight is 368 g/mol. The SMILES string of the molecule is Cc1ccc(-c2csc3ncnc(N4CCCCC4CCO)c23)cc1C. The monoisotopic (exact) mass is 367 g/mol. The molecule has 3 heterocycles. The Morgan fingerprint density at radius 2 is 2.08 bits per heavy atom. The Labute approximate surface area is 158 Å². The van der Waals surface area contributed by atoms with Crippen LogP contribution in [-0.4, -0.2) is 34.3 Å². The lowest BCUT2D eigenvalue weighted by atomic mass is 9.97. The van der Waals surface area contributed by atoms with Gasteiger partial charge < -0.3 is 10.0 Å². The molecule has 0 radical (unpaired) electrons. The van der Waals surface area contributed by atoms with Crippen molar-refractivity contribution in [1.29, 1.82) is 0 Å². The lowest BCUT2D eigenvalue weighted by Crippen LogP contribution is -2.40. The fraction of sp³-hybridized carbons (Fsp3) is 0.429. The van der Waals surface area contributed by atoms with Gasteiger partial charge in [-0.1, -0.05) is 18.2 Å². The van der Waals surface area contributed by atoms with Gasteiger partial charge in [-0.25, -0.2) is 9.97 Å². The molecule has 0 amide bonds. The average Bonchev–Trinajstić information content (AvgIpc) is 3.09. The number of anilines is 1. The largest absolute Gasteiger partial charge is 0.396 e. The molecule has 2 aromatic heterocycles. The number of rotatable bonds is 4. The van der Waals surface area contributed by atoms with Crippen LogP contribution in [0.25, 0.3) is 21.3 Å². The second kappa shape index (κ2) is 7.33. The first-order chi connectivity index (χ1) is 12.7. The zero-order valence-electron chi connectivity index (χ0n) is 15.4. The maximum atomic E-state index is 9.49. The third-order valence-corrected chi connectivity index (χ3v) is 6.42. The molecule has 0 spiro atoms. The van der Waals surface area contributed by atoms with E-state index in [1.54, 1.807) is 17.7 Å². The Balaban J connectivity index is 1.85. The molecule has 4 rings (SSSR count). The van der Waals surface area contributed by atoms with Gasteiger partial charge in [-0.2, -0.15) is 0 Å². The molecule has 26 heavy (non-hydrogen) atoms. The van der Waals surface area contributed by atoms with Gasteiger partial charge in [-0.15, -0.1) is 11.3 Å². The van der Waals surface area contributed by atoms with Crippen LogP contribution in [0, 0.1) is 13.8 Å². The minimum absolute atomic E-state index is 0.225. The van der Waals surface area contributed by atoms with E-state index < -0.39 is 0 Å². The summed E-state index contributed by atoms with van der Waals surface area (Å²) in [6, 6.07) is 7.00. The first kappa shape index (κ1) is 17.4. The van der Waals surface area contributed by atoms with E-state index in [0.717, 1.165) is 35.4 Å². The maximum Gasteiger partial charge on any atom is 0.141 e. The number of aliphatic hydroxyl groups excluding tert-OH is 1. The molecule has 3 aromatic rings. The van der Waals surface area contributed by atoms with E-state index in [2.05, 4.69) is 47.3 Å². The quantitative estimate of drug-likeness (QED) is 0.725. The molecule has 136 valence electrons. The van der Waals surface area contributed by atoms with Crippen LogP contribution in [0.1, 0.15) is 36.8 Å². The normalized spacial score (nSPS) is 17.8. The van der Waals surface area contributed by atoms with Crippen molar-refractivity contribution in [3.63, 3.8) is 0 Å². The molecule has 1 atom stereocenters. The second-order valence-electron chi connectivity index (χ2n) is 7.18. The lowest BCUT2D eigenvalue weighted by molar-refractivity contribution is 0.262. The predicted octanol–water partition coefficient (Wildman–Crippen LogP) is 4.72. The molecule has 1 N–H and O–H groups in total. The number of aliphatic hydroxyl groups is 1. The number of aryl methyl sites for hydroxylation is 2. The van der Waals surface area contributed by atoms with Gasteiger partial charge in [0, 0.05) is 30.1 Å². The Hall–Kier alpha value is -1.98. The van der Waals surface area contributed by atoms with Gasteiger partial charge in [0.15, 0.2) is 0 Å². The number of hydrogen-bond donors (Lipinski definition) is 1. The highest BCUT2D eigenvalue weighted by Crippen LogP contribution is 2.40. The summed E-state index contributed by atoms with van der Waals surface area (Å²) < 4.78 is 0. The Bertz CT molecular complexity index is 919. The molecular formula is C21H25N3OS. The van der Waals surface area contributed by atoms with E-state index in [4.69, 9.17) is 4.98 Å². The van der Waals surface area contributed by atoms with E-state index >= 15 is 0 Å². The first-order valence-electron chi connectivity index (χ1n) is 9.36. The van der Waals surface area contributed by atoms with E-state index in [1.807, 2.05) is 0 Å². The summed E-state index contributed by atoms with van der Waals surface area (Å²) in [5.41, 5.74) is 5.06. The molecule has 1 unspecified atom stereocenters. The van der Waals surface area contributed by atoms with E-state index in [9.17, 15) is 5.11 Å². The van der Waals surface area contributed by atoms with Crippen molar-refractivity contribution < 1.29 is 5.11 Å². The molecule has 0 aliphatic carbocycles. The smallest absolute Gasteiger partial charge is 0.141 e. The number of thiophene rings is 1. The maximum absolute atomic E-state index is 9.49. The van der Waals surface area contributed by atoms with Gasteiger partial charge >= 0.3 is 0 Å². The van der Waals surface area contributed by atoms with Crippen molar-refractivity contribution in [1.82, 2.24) is 9.97 Å². The summed E-state index contributed by atoms with van der Waals surface area (Å²) in [5.74, 6) is 1.03. The number of nitrogens with zero attached hydrogens (tertiary/aromatic N) is 3. The van der Waals surface area contributed by atoms with Gasteiger partial charge in [-0.05, 0) is 56.2 Å². The van der Waals surface area contributed by atoms with Gasteiger partial charge in [0.1, 0.15) is 17.0 Å².